The highest BCUT2D eigenvalue weighted by molar-refractivity contribution is 5.97. The molecular weight excluding hydrogens is 438 g/mol. The van der Waals surface area contributed by atoms with Crippen molar-refractivity contribution in [1.82, 2.24) is 4.90 Å². The Hall–Kier alpha value is -3.63. The standard InChI is InChI=1S/C24H31N5O5/c1-17(30)25-19-6-9-22(33-3)21(14-19)27-24(32)16-28(2)15-23(31)26-18-4-7-20(8-5-18)29-10-12-34-13-11-29/h4-9,14H,10-13,15-16H2,1-3H3,(H,25,30)(H,26,31)(H,27,32). The number of likely N-dealkylation sites (N-methyl/N-ethyl adjacent to an activating group) is 1. The van der Waals surface area contributed by atoms with Gasteiger partial charge in [-0.25, -0.2) is 0 Å². The third-order valence-electron chi connectivity index (χ3n) is 5.15. The van der Waals surface area contributed by atoms with Crippen molar-refractivity contribution in [3.63, 3.8) is 0 Å². The molecule has 0 aromatic heterocycles. The Kier molecular flexibility index (Phi) is 8.83. The summed E-state index contributed by atoms with van der Waals surface area (Å²) in [5.41, 5.74) is 2.75. The molecule has 10 heteroatoms. The molecule has 1 saturated heterocycles. The summed E-state index contributed by atoms with van der Waals surface area (Å²) in [6.07, 6.45) is 0. The number of anilines is 4. The van der Waals surface area contributed by atoms with Crippen LogP contribution in [0.5, 0.6) is 5.75 Å². The van der Waals surface area contributed by atoms with Gasteiger partial charge in [0.2, 0.25) is 17.7 Å². The van der Waals surface area contributed by atoms with E-state index in [0.29, 0.717) is 36.0 Å². The fraction of sp³-hybridized carbons (Fsp3) is 0.375. The van der Waals surface area contributed by atoms with Gasteiger partial charge in [-0.2, -0.15) is 0 Å². The molecule has 3 N–H and O–H groups in total. The van der Waals surface area contributed by atoms with Crippen molar-refractivity contribution < 1.29 is 23.9 Å². The van der Waals surface area contributed by atoms with E-state index in [2.05, 4.69) is 20.9 Å². The lowest BCUT2D eigenvalue weighted by molar-refractivity contribution is -0.119. The SMILES string of the molecule is COc1ccc(NC(C)=O)cc1NC(=O)CN(C)CC(=O)Nc1ccc(N2CCOCC2)cc1. The molecule has 1 fully saturated rings. The monoisotopic (exact) mass is 469 g/mol. The Labute approximate surface area is 199 Å². The summed E-state index contributed by atoms with van der Waals surface area (Å²) < 4.78 is 10.6. The van der Waals surface area contributed by atoms with Crippen LogP contribution in [0.25, 0.3) is 0 Å². The van der Waals surface area contributed by atoms with Gasteiger partial charge in [-0.1, -0.05) is 0 Å². The van der Waals surface area contributed by atoms with E-state index in [-0.39, 0.29) is 30.8 Å². The normalized spacial score (nSPS) is 13.4. The molecule has 34 heavy (non-hydrogen) atoms. The predicted molar refractivity (Wildman–Crippen MR) is 132 cm³/mol. The van der Waals surface area contributed by atoms with E-state index >= 15 is 0 Å². The number of ether oxygens (including phenoxy) is 2. The molecule has 2 aromatic rings. The lowest BCUT2D eigenvalue weighted by atomic mass is 10.2. The fourth-order valence-corrected chi connectivity index (χ4v) is 3.60. The van der Waals surface area contributed by atoms with Crippen LogP contribution in [0.3, 0.4) is 0 Å². The van der Waals surface area contributed by atoms with Gasteiger partial charge in [0, 0.05) is 37.1 Å². The van der Waals surface area contributed by atoms with Gasteiger partial charge in [0.25, 0.3) is 0 Å². The number of amides is 3. The lowest BCUT2D eigenvalue weighted by Crippen LogP contribution is -2.36. The third-order valence-corrected chi connectivity index (χ3v) is 5.15. The molecular formula is C24H31N5O5. The maximum atomic E-state index is 12.5. The molecule has 0 radical (unpaired) electrons. The molecule has 1 aliphatic rings. The molecule has 2 aromatic carbocycles. The number of hydrogen-bond donors (Lipinski definition) is 3. The van der Waals surface area contributed by atoms with E-state index in [1.54, 1.807) is 30.1 Å². The number of morpholine rings is 1. The van der Waals surface area contributed by atoms with Crippen LogP contribution >= 0.6 is 0 Å². The Morgan fingerprint density at radius 2 is 1.56 bits per heavy atom. The first-order valence-corrected chi connectivity index (χ1v) is 11.0. The number of methoxy groups -OCH3 is 1. The second kappa shape index (κ2) is 12.0. The molecule has 3 rings (SSSR count). The van der Waals surface area contributed by atoms with Crippen LogP contribution in [-0.2, 0) is 19.1 Å². The Balaban J connectivity index is 1.49. The summed E-state index contributed by atoms with van der Waals surface area (Å²) in [6.45, 7) is 4.57. The molecule has 0 spiro atoms. The topological polar surface area (TPSA) is 112 Å². The second-order valence-corrected chi connectivity index (χ2v) is 8.01. The maximum absolute atomic E-state index is 12.5. The van der Waals surface area contributed by atoms with Gasteiger partial charge in [0.15, 0.2) is 0 Å². The summed E-state index contributed by atoms with van der Waals surface area (Å²) in [4.78, 5) is 40.1. The molecule has 0 atom stereocenters. The highest BCUT2D eigenvalue weighted by atomic mass is 16.5. The first-order chi connectivity index (χ1) is 16.3. The zero-order valence-electron chi connectivity index (χ0n) is 19.7. The highest BCUT2D eigenvalue weighted by Crippen LogP contribution is 2.28. The second-order valence-electron chi connectivity index (χ2n) is 8.01. The minimum atomic E-state index is -0.316. The highest BCUT2D eigenvalue weighted by Gasteiger charge is 2.15. The first kappa shape index (κ1) is 25.0. The Bertz CT molecular complexity index is 1010. The van der Waals surface area contributed by atoms with E-state index in [0.717, 1.165) is 18.8 Å². The molecule has 0 unspecified atom stereocenters. The summed E-state index contributed by atoms with van der Waals surface area (Å²) in [5, 5.41) is 8.28. The first-order valence-electron chi connectivity index (χ1n) is 11.0. The van der Waals surface area contributed by atoms with Gasteiger partial charge < -0.3 is 30.3 Å². The van der Waals surface area contributed by atoms with E-state index in [9.17, 15) is 14.4 Å². The fourth-order valence-electron chi connectivity index (χ4n) is 3.60. The number of benzene rings is 2. The molecule has 1 heterocycles. The molecule has 10 nitrogen and oxygen atoms in total. The minimum absolute atomic E-state index is 0.00307. The number of carbonyl (C=O) groups is 3. The zero-order valence-corrected chi connectivity index (χ0v) is 19.7. The molecule has 1 aliphatic heterocycles. The van der Waals surface area contributed by atoms with Gasteiger partial charge >= 0.3 is 0 Å². The van der Waals surface area contributed by atoms with Crippen molar-refractivity contribution in [3.8, 4) is 5.75 Å². The van der Waals surface area contributed by atoms with Crippen LogP contribution in [0, 0.1) is 0 Å². The van der Waals surface area contributed by atoms with Crippen LogP contribution in [0.4, 0.5) is 22.7 Å². The van der Waals surface area contributed by atoms with Gasteiger partial charge in [-0.05, 0) is 49.5 Å². The summed E-state index contributed by atoms with van der Waals surface area (Å²) in [5.74, 6) is -0.296. The largest absolute Gasteiger partial charge is 0.495 e. The molecule has 0 bridgehead atoms. The number of hydrogen-bond acceptors (Lipinski definition) is 7. The van der Waals surface area contributed by atoms with Crippen LogP contribution < -0.4 is 25.6 Å². The number of rotatable bonds is 9. The number of carbonyl (C=O) groups excluding carboxylic acids is 3. The third kappa shape index (κ3) is 7.46. The maximum Gasteiger partial charge on any atom is 0.238 e. The quantitative estimate of drug-likeness (QED) is 0.515. The van der Waals surface area contributed by atoms with E-state index in [1.165, 1.54) is 14.0 Å². The van der Waals surface area contributed by atoms with Crippen molar-refractivity contribution in [2.45, 2.75) is 6.92 Å². The van der Waals surface area contributed by atoms with Gasteiger partial charge in [-0.15, -0.1) is 0 Å². The summed E-state index contributed by atoms with van der Waals surface area (Å²) in [6, 6.07) is 12.6. The molecule has 182 valence electrons. The Morgan fingerprint density at radius 1 is 0.941 bits per heavy atom. The van der Waals surface area contributed by atoms with Crippen LogP contribution in [0.1, 0.15) is 6.92 Å². The van der Waals surface area contributed by atoms with Gasteiger partial charge in [0.05, 0.1) is 39.1 Å². The van der Waals surface area contributed by atoms with Crippen molar-refractivity contribution in [2.24, 2.45) is 0 Å². The van der Waals surface area contributed by atoms with Crippen LogP contribution in [0.2, 0.25) is 0 Å². The van der Waals surface area contributed by atoms with Crippen LogP contribution in [0.15, 0.2) is 42.5 Å². The van der Waals surface area contributed by atoms with Crippen LogP contribution in [-0.4, -0.2) is 76.2 Å². The Morgan fingerprint density at radius 3 is 2.18 bits per heavy atom. The van der Waals surface area contributed by atoms with Gasteiger partial charge in [0.1, 0.15) is 5.75 Å². The van der Waals surface area contributed by atoms with Crippen molar-refractivity contribution in [2.75, 3.05) is 74.4 Å². The van der Waals surface area contributed by atoms with Crippen molar-refractivity contribution in [1.29, 1.82) is 0 Å². The lowest BCUT2D eigenvalue weighted by Gasteiger charge is -2.28. The number of nitrogens with zero attached hydrogens (tertiary/aromatic N) is 2. The predicted octanol–water partition coefficient (Wildman–Crippen LogP) is 2.00. The average Bonchev–Trinajstić information content (AvgIpc) is 2.79. The smallest absolute Gasteiger partial charge is 0.238 e. The summed E-state index contributed by atoms with van der Waals surface area (Å²) >= 11 is 0. The van der Waals surface area contributed by atoms with E-state index < -0.39 is 0 Å². The molecule has 0 saturated carbocycles. The van der Waals surface area contributed by atoms with Crippen molar-refractivity contribution in [3.05, 3.63) is 42.5 Å². The number of nitrogens with one attached hydrogen (secondary N) is 3. The molecule has 0 aliphatic carbocycles. The van der Waals surface area contributed by atoms with E-state index in [1.807, 2.05) is 24.3 Å². The average molecular weight is 470 g/mol. The van der Waals surface area contributed by atoms with E-state index in [4.69, 9.17) is 9.47 Å². The molecule has 3 amide bonds. The van der Waals surface area contributed by atoms with Crippen molar-refractivity contribution >= 4 is 40.5 Å². The van der Waals surface area contributed by atoms with Gasteiger partial charge in [-0.3, -0.25) is 19.3 Å². The summed E-state index contributed by atoms with van der Waals surface area (Å²) in [7, 11) is 3.18. The zero-order chi connectivity index (χ0) is 24.5. The minimum Gasteiger partial charge on any atom is -0.495 e.